The highest BCUT2D eigenvalue weighted by molar-refractivity contribution is 5.79. The Balaban J connectivity index is 2.73. The SMILES string of the molecule is COC(=O)C(Cc1ccccc1)CC(C)C(C)=O. The molecule has 1 aromatic rings. The number of carbonyl (C=O) groups excluding carboxylic acids is 2. The molecular weight excluding hydrogens is 228 g/mol. The highest BCUT2D eigenvalue weighted by Gasteiger charge is 2.23. The van der Waals surface area contributed by atoms with Crippen LogP contribution in [0.2, 0.25) is 0 Å². The first-order valence-corrected chi connectivity index (χ1v) is 6.16. The van der Waals surface area contributed by atoms with Crippen molar-refractivity contribution in [2.45, 2.75) is 26.7 Å². The van der Waals surface area contributed by atoms with Gasteiger partial charge in [0.1, 0.15) is 5.78 Å². The van der Waals surface area contributed by atoms with Gasteiger partial charge in [0.25, 0.3) is 0 Å². The van der Waals surface area contributed by atoms with Gasteiger partial charge in [-0.05, 0) is 25.3 Å². The zero-order chi connectivity index (χ0) is 13.5. The Hall–Kier alpha value is -1.64. The minimum absolute atomic E-state index is 0.108. The number of hydrogen-bond donors (Lipinski definition) is 0. The number of esters is 1. The Labute approximate surface area is 108 Å². The lowest BCUT2D eigenvalue weighted by Crippen LogP contribution is -2.23. The molecule has 0 aliphatic rings. The number of benzene rings is 1. The summed E-state index contributed by atoms with van der Waals surface area (Å²) in [6.07, 6.45) is 1.15. The van der Waals surface area contributed by atoms with Gasteiger partial charge in [-0.2, -0.15) is 0 Å². The number of rotatable bonds is 6. The summed E-state index contributed by atoms with van der Waals surface area (Å²) < 4.78 is 4.81. The molecule has 0 aromatic heterocycles. The van der Waals surface area contributed by atoms with Crippen molar-refractivity contribution >= 4 is 11.8 Å². The summed E-state index contributed by atoms with van der Waals surface area (Å²) in [5.41, 5.74) is 1.09. The van der Waals surface area contributed by atoms with Gasteiger partial charge in [-0.25, -0.2) is 0 Å². The second kappa shape index (κ2) is 6.94. The second-order valence-electron chi connectivity index (χ2n) is 4.66. The molecule has 3 heteroatoms. The molecule has 0 fully saturated rings. The third-order valence-corrected chi connectivity index (χ3v) is 3.19. The van der Waals surface area contributed by atoms with Crippen molar-refractivity contribution in [2.75, 3.05) is 7.11 Å². The number of hydrogen-bond acceptors (Lipinski definition) is 3. The standard InChI is InChI=1S/C15H20O3/c1-11(12(2)16)9-14(15(17)18-3)10-13-7-5-4-6-8-13/h4-8,11,14H,9-10H2,1-3H3. The van der Waals surface area contributed by atoms with Crippen molar-refractivity contribution in [1.82, 2.24) is 0 Å². The fraction of sp³-hybridized carbons (Fsp3) is 0.467. The van der Waals surface area contributed by atoms with Crippen LogP contribution in [-0.2, 0) is 20.7 Å². The van der Waals surface area contributed by atoms with Crippen LogP contribution >= 0.6 is 0 Å². The smallest absolute Gasteiger partial charge is 0.309 e. The van der Waals surface area contributed by atoms with E-state index < -0.39 is 0 Å². The topological polar surface area (TPSA) is 43.4 Å². The summed E-state index contributed by atoms with van der Waals surface area (Å²) in [5.74, 6) is -0.502. The van der Waals surface area contributed by atoms with Gasteiger partial charge in [0.15, 0.2) is 0 Å². The van der Waals surface area contributed by atoms with Gasteiger partial charge < -0.3 is 4.74 Å². The van der Waals surface area contributed by atoms with E-state index in [2.05, 4.69) is 0 Å². The quantitative estimate of drug-likeness (QED) is 0.727. The molecule has 1 rings (SSSR count). The average molecular weight is 248 g/mol. The lowest BCUT2D eigenvalue weighted by atomic mass is 9.88. The summed E-state index contributed by atoms with van der Waals surface area (Å²) in [7, 11) is 1.39. The predicted octanol–water partition coefficient (Wildman–Crippen LogP) is 2.63. The first-order chi connectivity index (χ1) is 8.54. The third-order valence-electron chi connectivity index (χ3n) is 3.19. The number of ketones is 1. The fourth-order valence-electron chi connectivity index (χ4n) is 1.92. The van der Waals surface area contributed by atoms with Gasteiger partial charge in [-0.1, -0.05) is 37.3 Å². The molecule has 0 radical (unpaired) electrons. The Morgan fingerprint density at radius 1 is 1.22 bits per heavy atom. The van der Waals surface area contributed by atoms with E-state index in [0.29, 0.717) is 12.8 Å². The van der Waals surface area contributed by atoms with E-state index in [1.807, 2.05) is 37.3 Å². The van der Waals surface area contributed by atoms with Crippen molar-refractivity contribution in [1.29, 1.82) is 0 Å². The highest BCUT2D eigenvalue weighted by Crippen LogP contribution is 2.19. The zero-order valence-corrected chi connectivity index (χ0v) is 11.2. The van der Waals surface area contributed by atoms with E-state index in [9.17, 15) is 9.59 Å². The molecule has 0 saturated heterocycles. The first-order valence-electron chi connectivity index (χ1n) is 6.16. The van der Waals surface area contributed by atoms with Crippen LogP contribution in [0.3, 0.4) is 0 Å². The third kappa shape index (κ3) is 4.32. The molecule has 18 heavy (non-hydrogen) atoms. The Morgan fingerprint density at radius 2 is 1.83 bits per heavy atom. The molecule has 2 atom stereocenters. The van der Waals surface area contributed by atoms with Crippen molar-refractivity contribution in [2.24, 2.45) is 11.8 Å². The lowest BCUT2D eigenvalue weighted by molar-refractivity contribution is -0.146. The van der Waals surface area contributed by atoms with Crippen LogP contribution in [0, 0.1) is 11.8 Å². The summed E-state index contributed by atoms with van der Waals surface area (Å²) in [4.78, 5) is 23.0. The first kappa shape index (κ1) is 14.4. The van der Waals surface area contributed by atoms with E-state index in [1.165, 1.54) is 7.11 Å². The molecular formula is C15H20O3. The van der Waals surface area contributed by atoms with Crippen LogP contribution < -0.4 is 0 Å². The number of ether oxygens (including phenoxy) is 1. The molecule has 2 unspecified atom stereocenters. The molecule has 0 heterocycles. The van der Waals surface area contributed by atoms with Crippen molar-refractivity contribution in [3.63, 3.8) is 0 Å². The highest BCUT2D eigenvalue weighted by atomic mass is 16.5. The summed E-state index contributed by atoms with van der Waals surface area (Å²) in [6, 6.07) is 9.79. The predicted molar refractivity (Wildman–Crippen MR) is 70.1 cm³/mol. The van der Waals surface area contributed by atoms with Crippen molar-refractivity contribution < 1.29 is 14.3 Å². The largest absolute Gasteiger partial charge is 0.469 e. The molecule has 0 spiro atoms. The maximum atomic E-state index is 11.7. The zero-order valence-electron chi connectivity index (χ0n) is 11.2. The maximum Gasteiger partial charge on any atom is 0.309 e. The van der Waals surface area contributed by atoms with Crippen LogP contribution in [0.15, 0.2) is 30.3 Å². The maximum absolute atomic E-state index is 11.7. The van der Waals surface area contributed by atoms with E-state index in [4.69, 9.17) is 4.74 Å². The molecule has 0 aliphatic heterocycles. The van der Waals surface area contributed by atoms with Gasteiger partial charge in [0.2, 0.25) is 0 Å². The normalized spacial score (nSPS) is 13.7. The Bertz CT molecular complexity index is 397. The summed E-state index contributed by atoms with van der Waals surface area (Å²) >= 11 is 0. The van der Waals surface area contributed by atoms with Crippen LogP contribution in [-0.4, -0.2) is 18.9 Å². The Morgan fingerprint density at radius 3 is 2.33 bits per heavy atom. The lowest BCUT2D eigenvalue weighted by Gasteiger charge is -2.17. The van der Waals surface area contributed by atoms with E-state index in [-0.39, 0.29) is 23.6 Å². The van der Waals surface area contributed by atoms with Crippen molar-refractivity contribution in [3.05, 3.63) is 35.9 Å². The van der Waals surface area contributed by atoms with E-state index in [0.717, 1.165) is 5.56 Å². The fourth-order valence-corrected chi connectivity index (χ4v) is 1.92. The molecule has 0 amide bonds. The summed E-state index contributed by atoms with van der Waals surface area (Å²) in [5, 5.41) is 0. The molecule has 1 aromatic carbocycles. The molecule has 0 saturated carbocycles. The number of methoxy groups -OCH3 is 1. The molecule has 0 N–H and O–H groups in total. The van der Waals surface area contributed by atoms with Crippen LogP contribution in [0.5, 0.6) is 0 Å². The molecule has 3 nitrogen and oxygen atoms in total. The summed E-state index contributed by atoms with van der Waals surface area (Å²) in [6.45, 7) is 3.41. The second-order valence-corrected chi connectivity index (χ2v) is 4.66. The van der Waals surface area contributed by atoms with Gasteiger partial charge in [0.05, 0.1) is 13.0 Å². The Kier molecular flexibility index (Phi) is 5.56. The van der Waals surface area contributed by atoms with E-state index in [1.54, 1.807) is 6.92 Å². The number of Topliss-reactive ketones (excluding diaryl/α,β-unsaturated/α-hetero) is 1. The average Bonchev–Trinajstić information content (AvgIpc) is 2.38. The molecule has 0 aliphatic carbocycles. The van der Waals surface area contributed by atoms with Gasteiger partial charge in [0, 0.05) is 5.92 Å². The molecule has 98 valence electrons. The minimum Gasteiger partial charge on any atom is -0.469 e. The van der Waals surface area contributed by atoms with E-state index >= 15 is 0 Å². The van der Waals surface area contributed by atoms with Crippen LogP contribution in [0.1, 0.15) is 25.8 Å². The monoisotopic (exact) mass is 248 g/mol. The number of carbonyl (C=O) groups is 2. The minimum atomic E-state index is -0.253. The molecule has 0 bridgehead atoms. The van der Waals surface area contributed by atoms with Gasteiger partial charge in [-0.3, -0.25) is 9.59 Å². The van der Waals surface area contributed by atoms with Gasteiger partial charge >= 0.3 is 5.97 Å². The van der Waals surface area contributed by atoms with Crippen LogP contribution in [0.4, 0.5) is 0 Å². The van der Waals surface area contributed by atoms with Crippen LogP contribution in [0.25, 0.3) is 0 Å². The van der Waals surface area contributed by atoms with Gasteiger partial charge in [-0.15, -0.1) is 0 Å². The van der Waals surface area contributed by atoms with Crippen molar-refractivity contribution in [3.8, 4) is 0 Å².